The van der Waals surface area contributed by atoms with Crippen LogP contribution in [0.3, 0.4) is 0 Å². The maximum Gasteiger partial charge on any atom is 0.221 e. The molecule has 6 heteroatoms. The number of aromatic nitrogens is 2. The molecule has 0 radical (unpaired) electrons. The zero-order valence-electron chi connectivity index (χ0n) is 12.9. The number of furan rings is 1. The first-order valence-electron chi connectivity index (χ1n) is 7.11. The summed E-state index contributed by atoms with van der Waals surface area (Å²) < 4.78 is 5.37. The predicted octanol–water partition coefficient (Wildman–Crippen LogP) is 3.46. The summed E-state index contributed by atoms with van der Waals surface area (Å²) >= 11 is 0. The van der Waals surface area contributed by atoms with Crippen molar-refractivity contribution in [3.63, 3.8) is 0 Å². The second kappa shape index (κ2) is 6.31. The van der Waals surface area contributed by atoms with Crippen LogP contribution >= 0.6 is 0 Å². The van der Waals surface area contributed by atoms with Crippen LogP contribution in [0.5, 0.6) is 0 Å². The monoisotopic (exact) mass is 308 g/mol. The van der Waals surface area contributed by atoms with Crippen molar-refractivity contribution in [2.24, 2.45) is 0 Å². The van der Waals surface area contributed by atoms with Gasteiger partial charge >= 0.3 is 0 Å². The van der Waals surface area contributed by atoms with E-state index in [4.69, 9.17) is 4.42 Å². The van der Waals surface area contributed by atoms with Crippen LogP contribution in [-0.4, -0.2) is 22.9 Å². The Bertz CT molecular complexity index is 815. The van der Waals surface area contributed by atoms with E-state index in [9.17, 15) is 4.79 Å². The fraction of sp³-hybridized carbons (Fsp3) is 0.118. The summed E-state index contributed by atoms with van der Waals surface area (Å²) in [7, 11) is 1.86. The van der Waals surface area contributed by atoms with Crippen LogP contribution in [0.4, 0.5) is 17.4 Å². The standard InChI is InChI=1S/C17H16N4O2/c1-12(22)19-14-6-3-5-13(9-14)15-10-18-11-16(20-15)21(2)17-7-4-8-23-17/h3-11H,1-2H3,(H,19,22). The molecule has 2 aromatic heterocycles. The van der Waals surface area contributed by atoms with Crippen LogP contribution < -0.4 is 10.2 Å². The van der Waals surface area contributed by atoms with E-state index in [1.165, 1.54) is 6.92 Å². The molecule has 0 bridgehead atoms. The normalized spacial score (nSPS) is 10.3. The number of rotatable bonds is 4. The summed E-state index contributed by atoms with van der Waals surface area (Å²) in [6, 6.07) is 11.2. The quantitative estimate of drug-likeness (QED) is 0.799. The molecule has 1 aromatic carbocycles. The zero-order chi connectivity index (χ0) is 16.2. The Morgan fingerprint density at radius 2 is 2.09 bits per heavy atom. The Morgan fingerprint density at radius 1 is 1.22 bits per heavy atom. The molecule has 0 aliphatic carbocycles. The number of carbonyl (C=O) groups is 1. The lowest BCUT2D eigenvalue weighted by atomic mass is 10.1. The molecule has 1 amide bonds. The van der Waals surface area contributed by atoms with Gasteiger partial charge in [0.05, 0.1) is 24.4 Å². The zero-order valence-corrected chi connectivity index (χ0v) is 12.9. The molecule has 0 atom stereocenters. The maximum atomic E-state index is 11.2. The van der Waals surface area contributed by atoms with Gasteiger partial charge in [-0.3, -0.25) is 14.7 Å². The molecule has 2 heterocycles. The average Bonchev–Trinajstić information content (AvgIpc) is 3.08. The first-order chi connectivity index (χ1) is 11.1. The highest BCUT2D eigenvalue weighted by molar-refractivity contribution is 5.89. The second-order valence-corrected chi connectivity index (χ2v) is 5.03. The molecule has 0 saturated heterocycles. The summed E-state index contributed by atoms with van der Waals surface area (Å²) in [6.07, 6.45) is 4.97. The van der Waals surface area contributed by atoms with Gasteiger partial charge in [0.2, 0.25) is 11.8 Å². The highest BCUT2D eigenvalue weighted by Gasteiger charge is 2.10. The van der Waals surface area contributed by atoms with Gasteiger partial charge in [-0.25, -0.2) is 4.98 Å². The fourth-order valence-corrected chi connectivity index (χ4v) is 2.19. The van der Waals surface area contributed by atoms with Gasteiger partial charge < -0.3 is 9.73 Å². The van der Waals surface area contributed by atoms with Crippen LogP contribution in [0.1, 0.15) is 6.92 Å². The molecule has 1 N–H and O–H groups in total. The van der Waals surface area contributed by atoms with Crippen molar-refractivity contribution in [3.05, 3.63) is 55.1 Å². The van der Waals surface area contributed by atoms with E-state index in [0.29, 0.717) is 17.4 Å². The lowest BCUT2D eigenvalue weighted by molar-refractivity contribution is -0.114. The second-order valence-electron chi connectivity index (χ2n) is 5.03. The summed E-state index contributed by atoms with van der Waals surface area (Å²) in [4.78, 5) is 21.9. The molecule has 0 saturated carbocycles. The van der Waals surface area contributed by atoms with E-state index in [1.807, 2.05) is 48.3 Å². The van der Waals surface area contributed by atoms with Crippen LogP contribution in [0.15, 0.2) is 59.5 Å². The number of anilines is 3. The fourth-order valence-electron chi connectivity index (χ4n) is 2.19. The number of hydrogen-bond acceptors (Lipinski definition) is 5. The number of carbonyl (C=O) groups excluding carboxylic acids is 1. The van der Waals surface area contributed by atoms with E-state index >= 15 is 0 Å². The van der Waals surface area contributed by atoms with Crippen molar-refractivity contribution in [2.45, 2.75) is 6.92 Å². The van der Waals surface area contributed by atoms with Gasteiger partial charge in [0.1, 0.15) is 0 Å². The third-order valence-electron chi connectivity index (χ3n) is 3.28. The first-order valence-corrected chi connectivity index (χ1v) is 7.11. The third kappa shape index (κ3) is 3.37. The SMILES string of the molecule is CC(=O)Nc1cccc(-c2cncc(N(C)c3ccco3)n2)c1. The lowest BCUT2D eigenvalue weighted by Gasteiger charge is -2.15. The minimum absolute atomic E-state index is 0.112. The third-order valence-corrected chi connectivity index (χ3v) is 3.28. The van der Waals surface area contributed by atoms with Crippen molar-refractivity contribution in [2.75, 3.05) is 17.3 Å². The van der Waals surface area contributed by atoms with E-state index in [2.05, 4.69) is 15.3 Å². The van der Waals surface area contributed by atoms with Crippen LogP contribution in [0.2, 0.25) is 0 Å². The molecule has 23 heavy (non-hydrogen) atoms. The lowest BCUT2D eigenvalue weighted by Crippen LogP contribution is -2.11. The van der Waals surface area contributed by atoms with E-state index < -0.39 is 0 Å². The summed E-state index contributed by atoms with van der Waals surface area (Å²) in [5.74, 6) is 1.24. The number of hydrogen-bond donors (Lipinski definition) is 1. The number of amides is 1. The molecule has 0 unspecified atom stereocenters. The molecule has 6 nitrogen and oxygen atoms in total. The average molecular weight is 308 g/mol. The van der Waals surface area contributed by atoms with Crippen LogP contribution in [-0.2, 0) is 4.79 Å². The summed E-state index contributed by atoms with van der Waals surface area (Å²) in [5, 5.41) is 2.76. The Kier molecular flexibility index (Phi) is 4.05. The van der Waals surface area contributed by atoms with Crippen molar-refractivity contribution in [1.82, 2.24) is 9.97 Å². The molecule has 0 spiro atoms. The highest BCUT2D eigenvalue weighted by Crippen LogP contribution is 2.25. The molecule has 3 rings (SSSR count). The van der Waals surface area contributed by atoms with Crippen molar-refractivity contribution >= 4 is 23.3 Å². The van der Waals surface area contributed by atoms with Gasteiger partial charge in [0.15, 0.2) is 5.82 Å². The molecule has 0 fully saturated rings. The molecule has 3 aromatic rings. The van der Waals surface area contributed by atoms with Gasteiger partial charge in [-0.2, -0.15) is 0 Å². The van der Waals surface area contributed by atoms with Crippen LogP contribution in [0, 0.1) is 0 Å². The molecule has 0 aliphatic heterocycles. The minimum Gasteiger partial charge on any atom is -0.448 e. The topological polar surface area (TPSA) is 71.3 Å². The Hall–Kier alpha value is -3.15. The van der Waals surface area contributed by atoms with Crippen molar-refractivity contribution < 1.29 is 9.21 Å². The molecular weight excluding hydrogens is 292 g/mol. The Labute approximate surface area is 133 Å². The summed E-state index contributed by atoms with van der Waals surface area (Å²) in [6.45, 7) is 1.48. The van der Waals surface area contributed by atoms with E-state index in [-0.39, 0.29) is 5.91 Å². The number of benzene rings is 1. The van der Waals surface area contributed by atoms with E-state index in [1.54, 1.807) is 18.7 Å². The van der Waals surface area contributed by atoms with E-state index in [0.717, 1.165) is 11.3 Å². The first kappa shape index (κ1) is 14.8. The predicted molar refractivity (Wildman–Crippen MR) is 88.5 cm³/mol. The largest absolute Gasteiger partial charge is 0.448 e. The Balaban J connectivity index is 1.92. The van der Waals surface area contributed by atoms with Crippen molar-refractivity contribution in [1.29, 1.82) is 0 Å². The number of nitrogens with one attached hydrogen (secondary N) is 1. The molecule has 116 valence electrons. The maximum absolute atomic E-state index is 11.2. The molecule has 0 aliphatic rings. The van der Waals surface area contributed by atoms with Crippen molar-refractivity contribution in [3.8, 4) is 11.3 Å². The van der Waals surface area contributed by atoms with Gasteiger partial charge in [-0.05, 0) is 18.2 Å². The number of nitrogens with zero attached hydrogens (tertiary/aromatic N) is 3. The molecular formula is C17H16N4O2. The van der Waals surface area contributed by atoms with Gasteiger partial charge in [-0.15, -0.1) is 0 Å². The Morgan fingerprint density at radius 3 is 2.83 bits per heavy atom. The highest BCUT2D eigenvalue weighted by atomic mass is 16.3. The van der Waals surface area contributed by atoms with Gasteiger partial charge in [-0.1, -0.05) is 12.1 Å². The van der Waals surface area contributed by atoms with Crippen LogP contribution in [0.25, 0.3) is 11.3 Å². The minimum atomic E-state index is -0.112. The van der Waals surface area contributed by atoms with Gasteiger partial charge in [0.25, 0.3) is 0 Å². The smallest absolute Gasteiger partial charge is 0.221 e. The summed E-state index contributed by atoms with van der Waals surface area (Å²) in [5.41, 5.74) is 2.31. The van der Waals surface area contributed by atoms with Gasteiger partial charge in [0, 0.05) is 31.3 Å².